The predicted molar refractivity (Wildman–Crippen MR) is 99.2 cm³/mol. The van der Waals surface area contributed by atoms with Gasteiger partial charge in [-0.15, -0.1) is 0 Å². The van der Waals surface area contributed by atoms with Crippen LogP contribution >= 0.6 is 0 Å². The average Bonchev–Trinajstić information content (AvgIpc) is 3.17. The van der Waals surface area contributed by atoms with Crippen molar-refractivity contribution in [3.63, 3.8) is 0 Å². The van der Waals surface area contributed by atoms with Gasteiger partial charge in [0.15, 0.2) is 0 Å². The number of methoxy groups -OCH3 is 1. The van der Waals surface area contributed by atoms with Gasteiger partial charge < -0.3 is 15.0 Å². The van der Waals surface area contributed by atoms with Crippen LogP contribution in [0.1, 0.15) is 40.4 Å². The molecule has 4 nitrogen and oxygen atoms in total. The summed E-state index contributed by atoms with van der Waals surface area (Å²) >= 11 is 0. The van der Waals surface area contributed by atoms with Crippen molar-refractivity contribution in [3.05, 3.63) is 65.2 Å². The zero-order valence-electron chi connectivity index (χ0n) is 15.0. The highest BCUT2D eigenvalue weighted by Crippen LogP contribution is 2.17. The number of nitrogens with one attached hydrogen (secondary N) is 2. The monoisotopic (exact) mass is 339 g/mol. The molecule has 2 N–H and O–H groups in total. The van der Waals surface area contributed by atoms with Crippen LogP contribution in [0, 0.1) is 6.92 Å². The number of hydrogen-bond donors (Lipinski definition) is 2. The summed E-state index contributed by atoms with van der Waals surface area (Å²) in [6, 6.07) is 16.2. The van der Waals surface area contributed by atoms with Crippen molar-refractivity contribution in [2.45, 2.75) is 25.8 Å². The maximum absolute atomic E-state index is 12.6. The molecule has 1 atom stereocenters. The Kier molecular flexibility index (Phi) is 5.71. The maximum atomic E-state index is 12.6. The molecule has 1 heterocycles. The molecule has 1 aliphatic rings. The van der Waals surface area contributed by atoms with Crippen molar-refractivity contribution < 1.29 is 14.4 Å². The summed E-state index contributed by atoms with van der Waals surface area (Å²) < 4.78 is 5.27. The number of ether oxygens (including phenoxy) is 1. The van der Waals surface area contributed by atoms with Crippen LogP contribution in [0.2, 0.25) is 0 Å². The number of aryl methyl sites for hydroxylation is 1. The lowest BCUT2D eigenvalue weighted by molar-refractivity contribution is -0.918. The van der Waals surface area contributed by atoms with Crippen molar-refractivity contribution in [1.82, 2.24) is 5.32 Å². The molecule has 1 aliphatic heterocycles. The van der Waals surface area contributed by atoms with Gasteiger partial charge >= 0.3 is 0 Å². The fourth-order valence-electron chi connectivity index (χ4n) is 3.63. The van der Waals surface area contributed by atoms with E-state index in [2.05, 4.69) is 17.4 Å². The Bertz CT molecular complexity index is 706. The topological polar surface area (TPSA) is 42.8 Å². The number of benzene rings is 2. The quantitative estimate of drug-likeness (QED) is 0.847. The first-order valence-corrected chi connectivity index (χ1v) is 9.01. The first-order chi connectivity index (χ1) is 12.2. The van der Waals surface area contributed by atoms with Crippen LogP contribution in [0.4, 0.5) is 0 Å². The van der Waals surface area contributed by atoms with E-state index in [-0.39, 0.29) is 11.9 Å². The van der Waals surface area contributed by atoms with Crippen molar-refractivity contribution in [1.29, 1.82) is 0 Å². The van der Waals surface area contributed by atoms with E-state index in [1.165, 1.54) is 18.4 Å². The minimum Gasteiger partial charge on any atom is -0.497 e. The van der Waals surface area contributed by atoms with Crippen molar-refractivity contribution in [2.24, 2.45) is 0 Å². The smallest absolute Gasteiger partial charge is 0.251 e. The van der Waals surface area contributed by atoms with Crippen LogP contribution in [-0.2, 0) is 0 Å². The molecule has 0 spiro atoms. The fourth-order valence-corrected chi connectivity index (χ4v) is 3.63. The van der Waals surface area contributed by atoms with E-state index in [0.29, 0.717) is 6.54 Å². The summed E-state index contributed by atoms with van der Waals surface area (Å²) in [5.74, 6) is 0.873. The number of likely N-dealkylation sites (tertiary alicyclic amines) is 1. The van der Waals surface area contributed by atoms with Crippen molar-refractivity contribution >= 4 is 5.91 Å². The summed E-state index contributed by atoms with van der Waals surface area (Å²) in [5.41, 5.74) is 3.02. The molecule has 0 aromatic heterocycles. The SMILES string of the molecule is COc1ccc([C@H](CNC(=O)c2ccccc2C)[NH+]2CCCC2)cc1. The first-order valence-electron chi connectivity index (χ1n) is 9.01. The van der Waals surface area contributed by atoms with E-state index >= 15 is 0 Å². The second-order valence-corrected chi connectivity index (χ2v) is 6.72. The Hall–Kier alpha value is -2.33. The number of hydrogen-bond acceptors (Lipinski definition) is 2. The molecule has 4 heteroatoms. The number of quaternary nitrogens is 1. The predicted octanol–water partition coefficient (Wildman–Crippen LogP) is 2.15. The van der Waals surface area contributed by atoms with Gasteiger partial charge in [-0.25, -0.2) is 0 Å². The third-order valence-corrected chi connectivity index (χ3v) is 5.11. The molecule has 3 rings (SSSR count). The molecule has 1 amide bonds. The molecule has 0 saturated carbocycles. The molecular weight excluding hydrogens is 312 g/mol. The summed E-state index contributed by atoms with van der Waals surface area (Å²) in [4.78, 5) is 14.1. The molecule has 1 fully saturated rings. The third kappa shape index (κ3) is 4.20. The largest absolute Gasteiger partial charge is 0.497 e. The second-order valence-electron chi connectivity index (χ2n) is 6.72. The molecule has 0 radical (unpaired) electrons. The van der Waals surface area contributed by atoms with E-state index in [4.69, 9.17) is 4.74 Å². The molecule has 25 heavy (non-hydrogen) atoms. The lowest BCUT2D eigenvalue weighted by Gasteiger charge is -2.25. The standard InChI is InChI=1S/C21H26N2O2/c1-16-7-3-4-8-19(16)21(24)22-15-20(23-13-5-6-14-23)17-9-11-18(25-2)12-10-17/h3-4,7-12,20H,5-6,13-15H2,1-2H3,(H,22,24)/p+1/t20-/m0/s1. The number of carbonyl (C=O) groups excluding carboxylic acids is 1. The van der Waals surface area contributed by atoms with Crippen molar-refractivity contribution in [3.8, 4) is 5.75 Å². The molecule has 2 aromatic carbocycles. The van der Waals surface area contributed by atoms with E-state index < -0.39 is 0 Å². The molecule has 2 aromatic rings. The van der Waals surface area contributed by atoms with Crippen molar-refractivity contribution in [2.75, 3.05) is 26.7 Å². The van der Waals surface area contributed by atoms with E-state index in [1.807, 2.05) is 43.3 Å². The zero-order chi connectivity index (χ0) is 17.6. The Morgan fingerprint density at radius 1 is 1.12 bits per heavy atom. The highest BCUT2D eigenvalue weighted by molar-refractivity contribution is 5.95. The Balaban J connectivity index is 1.73. The molecular formula is C21H27N2O2+. The second kappa shape index (κ2) is 8.17. The Labute approximate surface area is 149 Å². The molecule has 0 bridgehead atoms. The Morgan fingerprint density at radius 3 is 2.44 bits per heavy atom. The highest BCUT2D eigenvalue weighted by atomic mass is 16.5. The summed E-state index contributed by atoms with van der Waals surface area (Å²) in [6.45, 7) is 4.95. The van der Waals surface area contributed by atoms with Crippen LogP contribution in [-0.4, -0.2) is 32.7 Å². The number of amides is 1. The average molecular weight is 339 g/mol. The van der Waals surface area contributed by atoms with Gasteiger partial charge in [0.1, 0.15) is 11.8 Å². The summed E-state index contributed by atoms with van der Waals surface area (Å²) in [6.07, 6.45) is 2.52. The van der Waals surface area contributed by atoms with Gasteiger partial charge in [0, 0.05) is 24.0 Å². The minimum absolute atomic E-state index is 0.00945. The zero-order valence-corrected chi connectivity index (χ0v) is 15.0. The Morgan fingerprint density at radius 2 is 1.80 bits per heavy atom. The van der Waals surface area contributed by atoms with Crippen LogP contribution in [0.5, 0.6) is 5.75 Å². The minimum atomic E-state index is 0.00945. The van der Waals surface area contributed by atoms with Gasteiger partial charge in [0.05, 0.1) is 26.7 Å². The number of rotatable bonds is 6. The first kappa shape index (κ1) is 17.5. The summed E-state index contributed by atoms with van der Waals surface area (Å²) in [7, 11) is 1.68. The summed E-state index contributed by atoms with van der Waals surface area (Å²) in [5, 5.41) is 3.15. The molecule has 0 unspecified atom stereocenters. The highest BCUT2D eigenvalue weighted by Gasteiger charge is 2.28. The van der Waals surface area contributed by atoms with Crippen LogP contribution in [0.25, 0.3) is 0 Å². The van der Waals surface area contributed by atoms with Gasteiger partial charge in [-0.2, -0.15) is 0 Å². The fraction of sp³-hybridized carbons (Fsp3) is 0.381. The van der Waals surface area contributed by atoms with Crippen LogP contribution in [0.3, 0.4) is 0 Å². The maximum Gasteiger partial charge on any atom is 0.251 e. The molecule has 0 aliphatic carbocycles. The van der Waals surface area contributed by atoms with Gasteiger partial charge in [-0.1, -0.05) is 18.2 Å². The van der Waals surface area contributed by atoms with Gasteiger partial charge in [0.2, 0.25) is 0 Å². The van der Waals surface area contributed by atoms with E-state index in [9.17, 15) is 4.79 Å². The lowest BCUT2D eigenvalue weighted by atomic mass is 10.0. The normalized spacial score (nSPS) is 15.8. The molecule has 1 saturated heterocycles. The third-order valence-electron chi connectivity index (χ3n) is 5.11. The van der Waals surface area contributed by atoms with Gasteiger partial charge in [0.25, 0.3) is 5.91 Å². The van der Waals surface area contributed by atoms with Gasteiger partial charge in [-0.3, -0.25) is 4.79 Å². The molecule has 132 valence electrons. The van der Waals surface area contributed by atoms with Crippen LogP contribution < -0.4 is 15.0 Å². The van der Waals surface area contributed by atoms with E-state index in [1.54, 1.807) is 12.0 Å². The number of carbonyl (C=O) groups is 1. The lowest BCUT2D eigenvalue weighted by Crippen LogP contribution is -3.11. The van der Waals surface area contributed by atoms with Gasteiger partial charge in [-0.05, 0) is 42.8 Å². The van der Waals surface area contributed by atoms with Crippen LogP contribution in [0.15, 0.2) is 48.5 Å². The van der Waals surface area contributed by atoms with E-state index in [0.717, 1.165) is 30.0 Å².